The molecule has 1 heteroatoms. The molecule has 0 fully saturated rings. The van der Waals surface area contributed by atoms with E-state index >= 15 is 0 Å². The SMILES string of the molecule is CC/C=C(\C=C/CC(CCC)CCC)CCNC(C)C. The molecule has 0 rings (SSSR count). The van der Waals surface area contributed by atoms with Crippen molar-refractivity contribution in [3.8, 4) is 0 Å². The van der Waals surface area contributed by atoms with E-state index in [1.54, 1.807) is 0 Å². The van der Waals surface area contributed by atoms with E-state index in [0.29, 0.717) is 6.04 Å². The minimum absolute atomic E-state index is 0.584. The van der Waals surface area contributed by atoms with Crippen molar-refractivity contribution in [3.05, 3.63) is 23.8 Å². The van der Waals surface area contributed by atoms with Gasteiger partial charge in [-0.3, -0.25) is 0 Å². The normalized spacial score (nSPS) is 13.1. The summed E-state index contributed by atoms with van der Waals surface area (Å²) in [7, 11) is 0. The highest BCUT2D eigenvalue weighted by Crippen LogP contribution is 2.18. The molecule has 0 aromatic carbocycles. The second-order valence-corrected chi connectivity index (χ2v) is 6.13. The average molecular weight is 280 g/mol. The Morgan fingerprint density at radius 2 is 1.70 bits per heavy atom. The predicted octanol–water partition coefficient (Wildman–Crippen LogP) is 5.87. The van der Waals surface area contributed by atoms with E-state index in [9.17, 15) is 0 Å². The lowest BCUT2D eigenvalue weighted by Gasteiger charge is -2.12. The second kappa shape index (κ2) is 13.4. The molecular weight excluding hydrogens is 242 g/mol. The first-order valence-electron chi connectivity index (χ1n) is 8.72. The monoisotopic (exact) mass is 279 g/mol. The summed E-state index contributed by atoms with van der Waals surface area (Å²) in [6, 6.07) is 0.584. The van der Waals surface area contributed by atoms with Crippen molar-refractivity contribution in [2.75, 3.05) is 6.54 Å². The predicted molar refractivity (Wildman–Crippen MR) is 93.2 cm³/mol. The molecule has 0 saturated heterocycles. The molecule has 0 unspecified atom stereocenters. The second-order valence-electron chi connectivity index (χ2n) is 6.13. The molecule has 0 atom stereocenters. The molecule has 0 aromatic rings. The zero-order valence-electron chi connectivity index (χ0n) is 14.5. The number of hydrogen-bond donors (Lipinski definition) is 1. The molecular formula is C19H37N. The van der Waals surface area contributed by atoms with E-state index in [2.05, 4.69) is 58.2 Å². The Hall–Kier alpha value is -0.560. The van der Waals surface area contributed by atoms with Crippen molar-refractivity contribution in [1.82, 2.24) is 5.32 Å². The summed E-state index contributed by atoms with van der Waals surface area (Å²) in [5.41, 5.74) is 1.49. The highest BCUT2D eigenvalue weighted by molar-refractivity contribution is 5.18. The minimum atomic E-state index is 0.584. The van der Waals surface area contributed by atoms with Crippen LogP contribution in [0.25, 0.3) is 0 Å². The Morgan fingerprint density at radius 1 is 1.05 bits per heavy atom. The van der Waals surface area contributed by atoms with Gasteiger partial charge in [0.1, 0.15) is 0 Å². The highest BCUT2D eigenvalue weighted by atomic mass is 14.9. The molecule has 0 heterocycles. The van der Waals surface area contributed by atoms with Crippen molar-refractivity contribution >= 4 is 0 Å². The van der Waals surface area contributed by atoms with Crippen LogP contribution in [-0.2, 0) is 0 Å². The summed E-state index contributed by atoms with van der Waals surface area (Å²) in [6.45, 7) is 12.3. The van der Waals surface area contributed by atoms with Gasteiger partial charge in [-0.2, -0.15) is 0 Å². The standard InChI is InChI=1S/C19H37N/c1-6-10-18(11-7-2)13-9-14-19(12-8-3)15-16-20-17(4)5/h9,12,14,17-18,20H,6-8,10-11,13,15-16H2,1-5H3/b14-9-,19-12+. The zero-order chi connectivity index (χ0) is 15.2. The lowest BCUT2D eigenvalue weighted by Crippen LogP contribution is -2.23. The summed E-state index contributed by atoms with van der Waals surface area (Å²) in [5.74, 6) is 0.887. The van der Waals surface area contributed by atoms with E-state index in [1.807, 2.05) is 0 Å². The molecule has 0 saturated carbocycles. The molecule has 1 N–H and O–H groups in total. The van der Waals surface area contributed by atoms with Gasteiger partial charge in [-0.25, -0.2) is 0 Å². The van der Waals surface area contributed by atoms with Gasteiger partial charge in [0, 0.05) is 6.04 Å². The molecule has 0 aliphatic heterocycles. The molecule has 0 aliphatic carbocycles. The van der Waals surface area contributed by atoms with Gasteiger partial charge in [0.25, 0.3) is 0 Å². The van der Waals surface area contributed by atoms with Crippen LogP contribution in [0.15, 0.2) is 23.8 Å². The smallest absolute Gasteiger partial charge is 0.00105 e. The molecule has 0 amide bonds. The van der Waals surface area contributed by atoms with Crippen molar-refractivity contribution in [3.63, 3.8) is 0 Å². The van der Waals surface area contributed by atoms with Crippen LogP contribution in [0.4, 0.5) is 0 Å². The summed E-state index contributed by atoms with van der Waals surface area (Å²) in [4.78, 5) is 0. The molecule has 1 nitrogen and oxygen atoms in total. The Labute approximate surface area is 127 Å². The van der Waals surface area contributed by atoms with Gasteiger partial charge in [0.15, 0.2) is 0 Å². The summed E-state index contributed by atoms with van der Waals surface area (Å²) in [5, 5.41) is 3.50. The van der Waals surface area contributed by atoms with Crippen molar-refractivity contribution in [1.29, 1.82) is 0 Å². The first-order chi connectivity index (χ1) is 9.63. The molecule has 0 bridgehead atoms. The van der Waals surface area contributed by atoms with E-state index in [1.165, 1.54) is 37.7 Å². The fraction of sp³-hybridized carbons (Fsp3) is 0.789. The molecule has 0 spiro atoms. The van der Waals surface area contributed by atoms with E-state index < -0.39 is 0 Å². The summed E-state index contributed by atoms with van der Waals surface area (Å²) >= 11 is 0. The Kier molecular flexibility index (Phi) is 13.0. The van der Waals surface area contributed by atoms with Crippen LogP contribution in [0.2, 0.25) is 0 Å². The summed E-state index contributed by atoms with van der Waals surface area (Å²) in [6.07, 6.45) is 16.1. The topological polar surface area (TPSA) is 12.0 Å². The Morgan fingerprint density at radius 3 is 2.20 bits per heavy atom. The van der Waals surface area contributed by atoms with Gasteiger partial charge in [-0.1, -0.05) is 84.1 Å². The van der Waals surface area contributed by atoms with Gasteiger partial charge in [0.2, 0.25) is 0 Å². The number of hydrogen-bond acceptors (Lipinski definition) is 1. The molecule has 0 radical (unpaired) electrons. The van der Waals surface area contributed by atoms with E-state index in [4.69, 9.17) is 0 Å². The molecule has 20 heavy (non-hydrogen) atoms. The lowest BCUT2D eigenvalue weighted by molar-refractivity contribution is 0.445. The lowest BCUT2D eigenvalue weighted by atomic mass is 9.94. The third-order valence-corrected chi connectivity index (χ3v) is 3.63. The van der Waals surface area contributed by atoms with Crippen LogP contribution in [0.5, 0.6) is 0 Å². The number of nitrogens with one attached hydrogen (secondary N) is 1. The van der Waals surface area contributed by atoms with Gasteiger partial charge in [-0.15, -0.1) is 0 Å². The van der Waals surface area contributed by atoms with E-state index in [-0.39, 0.29) is 0 Å². The molecule has 0 aliphatic rings. The van der Waals surface area contributed by atoms with Crippen LogP contribution in [-0.4, -0.2) is 12.6 Å². The van der Waals surface area contributed by atoms with Crippen LogP contribution in [0, 0.1) is 5.92 Å². The molecule has 0 aromatic heterocycles. The largest absolute Gasteiger partial charge is 0.314 e. The fourth-order valence-electron chi connectivity index (χ4n) is 2.63. The molecule has 118 valence electrons. The van der Waals surface area contributed by atoms with Crippen LogP contribution < -0.4 is 5.32 Å². The fourth-order valence-corrected chi connectivity index (χ4v) is 2.63. The Bertz CT molecular complexity index is 257. The third-order valence-electron chi connectivity index (χ3n) is 3.63. The maximum atomic E-state index is 3.50. The van der Waals surface area contributed by atoms with Crippen molar-refractivity contribution in [2.45, 2.75) is 85.6 Å². The number of allylic oxidation sites excluding steroid dienone is 3. The van der Waals surface area contributed by atoms with Gasteiger partial charge in [0.05, 0.1) is 0 Å². The number of rotatable bonds is 12. The zero-order valence-corrected chi connectivity index (χ0v) is 14.5. The Balaban J connectivity index is 4.21. The van der Waals surface area contributed by atoms with Crippen molar-refractivity contribution in [2.24, 2.45) is 5.92 Å². The first-order valence-corrected chi connectivity index (χ1v) is 8.72. The van der Waals surface area contributed by atoms with Gasteiger partial charge >= 0.3 is 0 Å². The summed E-state index contributed by atoms with van der Waals surface area (Å²) < 4.78 is 0. The maximum absolute atomic E-state index is 3.50. The average Bonchev–Trinajstić information content (AvgIpc) is 2.38. The van der Waals surface area contributed by atoms with E-state index in [0.717, 1.165) is 25.3 Å². The maximum Gasteiger partial charge on any atom is 0.00105 e. The van der Waals surface area contributed by atoms with Crippen LogP contribution >= 0.6 is 0 Å². The highest BCUT2D eigenvalue weighted by Gasteiger charge is 2.04. The minimum Gasteiger partial charge on any atom is -0.314 e. The van der Waals surface area contributed by atoms with Crippen LogP contribution in [0.3, 0.4) is 0 Å². The van der Waals surface area contributed by atoms with Gasteiger partial charge < -0.3 is 5.32 Å². The van der Waals surface area contributed by atoms with Crippen LogP contribution in [0.1, 0.15) is 79.6 Å². The van der Waals surface area contributed by atoms with Gasteiger partial charge in [-0.05, 0) is 31.7 Å². The van der Waals surface area contributed by atoms with Crippen molar-refractivity contribution < 1.29 is 0 Å². The quantitative estimate of drug-likeness (QED) is 0.440. The third kappa shape index (κ3) is 11.3. The first kappa shape index (κ1) is 19.4.